The summed E-state index contributed by atoms with van der Waals surface area (Å²) in [6, 6.07) is 7.84. The molecule has 1 N–H and O–H groups in total. The number of carboxylic acid groups (broad SMARTS) is 1. The number of aromatic nitrogens is 2. The molecule has 0 aliphatic heterocycles. The van der Waals surface area contributed by atoms with Crippen LogP contribution < -0.4 is 0 Å². The summed E-state index contributed by atoms with van der Waals surface area (Å²) in [5.41, 5.74) is 1.94. The Morgan fingerprint density at radius 3 is 2.93 bits per heavy atom. The molecule has 0 fully saturated rings. The number of aliphatic carboxylic acids is 1. The predicted molar refractivity (Wildman–Crippen MR) is 56.7 cm³/mol. The zero-order valence-corrected chi connectivity index (χ0v) is 8.47. The van der Waals surface area contributed by atoms with Gasteiger partial charge < -0.3 is 5.11 Å². The Morgan fingerprint density at radius 1 is 1.47 bits per heavy atom. The fourth-order valence-electron chi connectivity index (χ4n) is 1.67. The largest absolute Gasteiger partial charge is 0.481 e. The molecule has 78 valence electrons. The Kier molecular flexibility index (Phi) is 2.41. The topological polar surface area (TPSA) is 55.1 Å². The van der Waals surface area contributed by atoms with Gasteiger partial charge in [-0.15, -0.1) is 0 Å². The van der Waals surface area contributed by atoms with Crippen molar-refractivity contribution >= 4 is 16.9 Å². The van der Waals surface area contributed by atoms with Gasteiger partial charge in [-0.25, -0.2) is 0 Å². The lowest BCUT2D eigenvalue weighted by molar-refractivity contribution is -0.137. The van der Waals surface area contributed by atoms with E-state index in [-0.39, 0.29) is 6.42 Å². The Labute approximate surface area is 87.1 Å². The normalized spacial score (nSPS) is 10.7. The summed E-state index contributed by atoms with van der Waals surface area (Å²) >= 11 is 0. The summed E-state index contributed by atoms with van der Waals surface area (Å²) in [4.78, 5) is 10.5. The van der Waals surface area contributed by atoms with Crippen LogP contribution in [-0.4, -0.2) is 20.9 Å². The average molecular weight is 204 g/mol. The van der Waals surface area contributed by atoms with Gasteiger partial charge in [0.1, 0.15) is 0 Å². The van der Waals surface area contributed by atoms with Gasteiger partial charge in [0.15, 0.2) is 0 Å². The van der Waals surface area contributed by atoms with Crippen LogP contribution in [0.4, 0.5) is 0 Å². The molecule has 0 amide bonds. The first-order valence-electron chi connectivity index (χ1n) is 4.82. The fourth-order valence-corrected chi connectivity index (χ4v) is 1.67. The van der Waals surface area contributed by atoms with E-state index in [1.807, 2.05) is 31.2 Å². The zero-order valence-electron chi connectivity index (χ0n) is 8.47. The van der Waals surface area contributed by atoms with E-state index in [1.165, 1.54) is 0 Å². The molecule has 0 bridgehead atoms. The maximum absolute atomic E-state index is 10.5. The first kappa shape index (κ1) is 9.71. The van der Waals surface area contributed by atoms with Crippen molar-refractivity contribution in [2.75, 3.05) is 0 Å². The van der Waals surface area contributed by atoms with E-state index in [4.69, 9.17) is 5.11 Å². The lowest BCUT2D eigenvalue weighted by Crippen LogP contribution is -2.05. The monoisotopic (exact) mass is 204 g/mol. The third-order valence-corrected chi connectivity index (χ3v) is 2.38. The molecule has 4 heteroatoms. The van der Waals surface area contributed by atoms with Crippen LogP contribution in [0.1, 0.15) is 12.1 Å². The number of carbonyl (C=O) groups is 1. The second-order valence-electron chi connectivity index (χ2n) is 3.47. The van der Waals surface area contributed by atoms with Crippen molar-refractivity contribution in [1.29, 1.82) is 0 Å². The van der Waals surface area contributed by atoms with Crippen molar-refractivity contribution in [1.82, 2.24) is 9.78 Å². The number of hydrogen-bond donors (Lipinski definition) is 1. The average Bonchev–Trinajstić information content (AvgIpc) is 2.54. The van der Waals surface area contributed by atoms with Gasteiger partial charge in [-0.05, 0) is 13.0 Å². The fraction of sp³-hybridized carbons (Fsp3) is 0.273. The lowest BCUT2D eigenvalue weighted by atomic mass is 10.2. The van der Waals surface area contributed by atoms with Gasteiger partial charge in [-0.2, -0.15) is 5.10 Å². The molecule has 1 aromatic carbocycles. The third-order valence-electron chi connectivity index (χ3n) is 2.38. The molecule has 0 aliphatic carbocycles. The Balaban J connectivity index is 2.39. The highest BCUT2D eigenvalue weighted by Crippen LogP contribution is 2.17. The van der Waals surface area contributed by atoms with Crippen LogP contribution in [0.25, 0.3) is 10.9 Å². The minimum Gasteiger partial charge on any atom is -0.481 e. The van der Waals surface area contributed by atoms with Crippen molar-refractivity contribution in [3.63, 3.8) is 0 Å². The molecule has 15 heavy (non-hydrogen) atoms. The molecule has 1 aromatic heterocycles. The van der Waals surface area contributed by atoms with E-state index in [0.717, 1.165) is 16.6 Å². The molecule has 1 heterocycles. The smallest absolute Gasteiger partial charge is 0.305 e. The second kappa shape index (κ2) is 3.73. The highest BCUT2D eigenvalue weighted by Gasteiger charge is 2.07. The predicted octanol–water partition coefficient (Wildman–Crippen LogP) is 1.82. The van der Waals surface area contributed by atoms with E-state index in [1.54, 1.807) is 4.68 Å². The van der Waals surface area contributed by atoms with Crippen LogP contribution in [0.3, 0.4) is 0 Å². The highest BCUT2D eigenvalue weighted by molar-refractivity contribution is 5.81. The Hall–Kier alpha value is -1.84. The Bertz CT molecular complexity index is 502. The van der Waals surface area contributed by atoms with Gasteiger partial charge in [0, 0.05) is 5.39 Å². The SMILES string of the molecule is Cc1nn(CCC(=O)O)c2ccccc12. The van der Waals surface area contributed by atoms with E-state index >= 15 is 0 Å². The van der Waals surface area contributed by atoms with Crippen molar-refractivity contribution in [2.45, 2.75) is 19.9 Å². The number of nitrogens with zero attached hydrogens (tertiary/aromatic N) is 2. The van der Waals surface area contributed by atoms with Crippen molar-refractivity contribution < 1.29 is 9.90 Å². The molecule has 0 spiro atoms. The minimum absolute atomic E-state index is 0.102. The Morgan fingerprint density at radius 2 is 2.20 bits per heavy atom. The number of fused-ring (bicyclic) bond motifs is 1. The van der Waals surface area contributed by atoms with E-state index < -0.39 is 5.97 Å². The van der Waals surface area contributed by atoms with Gasteiger partial charge >= 0.3 is 5.97 Å². The van der Waals surface area contributed by atoms with Gasteiger partial charge in [-0.3, -0.25) is 9.48 Å². The zero-order chi connectivity index (χ0) is 10.8. The lowest BCUT2D eigenvalue weighted by Gasteiger charge is -1.99. The van der Waals surface area contributed by atoms with Crippen LogP contribution in [-0.2, 0) is 11.3 Å². The summed E-state index contributed by atoms with van der Waals surface area (Å²) in [5.74, 6) is -0.799. The standard InChI is InChI=1S/C11H12N2O2/c1-8-9-4-2-3-5-10(9)13(12-8)7-6-11(14)15/h2-5H,6-7H2,1H3,(H,14,15). The maximum atomic E-state index is 10.5. The summed E-state index contributed by atoms with van der Waals surface area (Å²) in [5, 5.41) is 14.0. The highest BCUT2D eigenvalue weighted by atomic mass is 16.4. The quantitative estimate of drug-likeness (QED) is 0.829. The molecular formula is C11H12N2O2. The van der Waals surface area contributed by atoms with Crippen LogP contribution in [0.15, 0.2) is 24.3 Å². The molecule has 0 unspecified atom stereocenters. The summed E-state index contributed by atoms with van der Waals surface area (Å²) in [7, 11) is 0. The molecule has 2 aromatic rings. The second-order valence-corrected chi connectivity index (χ2v) is 3.47. The van der Waals surface area contributed by atoms with Gasteiger partial charge in [0.25, 0.3) is 0 Å². The molecule has 0 saturated carbocycles. The number of para-hydroxylation sites is 1. The van der Waals surface area contributed by atoms with Gasteiger partial charge in [0.05, 0.1) is 24.2 Å². The van der Waals surface area contributed by atoms with Crippen LogP contribution >= 0.6 is 0 Å². The van der Waals surface area contributed by atoms with Crippen molar-refractivity contribution in [2.24, 2.45) is 0 Å². The van der Waals surface area contributed by atoms with Crippen LogP contribution in [0.5, 0.6) is 0 Å². The molecule has 4 nitrogen and oxygen atoms in total. The third kappa shape index (κ3) is 1.83. The first-order valence-corrected chi connectivity index (χ1v) is 4.82. The van der Waals surface area contributed by atoms with Gasteiger partial charge in [0.2, 0.25) is 0 Å². The number of carboxylic acids is 1. The number of benzene rings is 1. The summed E-state index contributed by atoms with van der Waals surface area (Å²) in [6.07, 6.45) is 0.102. The van der Waals surface area contributed by atoms with E-state index in [2.05, 4.69) is 5.10 Å². The van der Waals surface area contributed by atoms with Gasteiger partial charge in [-0.1, -0.05) is 18.2 Å². The van der Waals surface area contributed by atoms with Crippen molar-refractivity contribution in [3.05, 3.63) is 30.0 Å². The first-order chi connectivity index (χ1) is 7.18. The molecule has 0 aliphatic rings. The maximum Gasteiger partial charge on any atom is 0.305 e. The summed E-state index contributed by atoms with van der Waals surface area (Å²) in [6.45, 7) is 2.35. The number of hydrogen-bond acceptors (Lipinski definition) is 2. The molecular weight excluding hydrogens is 192 g/mol. The molecule has 0 atom stereocenters. The number of rotatable bonds is 3. The molecule has 2 rings (SSSR count). The van der Waals surface area contributed by atoms with Crippen LogP contribution in [0, 0.1) is 6.92 Å². The van der Waals surface area contributed by atoms with Crippen molar-refractivity contribution in [3.8, 4) is 0 Å². The van der Waals surface area contributed by atoms with Crippen LogP contribution in [0.2, 0.25) is 0 Å². The van der Waals surface area contributed by atoms with E-state index in [0.29, 0.717) is 6.54 Å². The minimum atomic E-state index is -0.799. The van der Waals surface area contributed by atoms with E-state index in [9.17, 15) is 4.79 Å². The molecule has 0 radical (unpaired) electrons. The summed E-state index contributed by atoms with van der Waals surface area (Å²) < 4.78 is 1.75. The molecule has 0 saturated heterocycles. The number of aryl methyl sites for hydroxylation is 2.